The molecule has 1 aromatic carbocycles. The molecule has 0 saturated carbocycles. The van der Waals surface area contributed by atoms with Crippen molar-refractivity contribution in [1.29, 1.82) is 0 Å². The maximum Gasteiger partial charge on any atom is 0.251 e. The van der Waals surface area contributed by atoms with Gasteiger partial charge in [0.1, 0.15) is 0 Å². The molecule has 1 amide bonds. The van der Waals surface area contributed by atoms with Crippen LogP contribution in [0.2, 0.25) is 0 Å². The maximum atomic E-state index is 11.8. The Kier molecular flexibility index (Phi) is 9.95. The number of aliphatic imine (C=N–C) groups is 1. The molecule has 0 aliphatic heterocycles. The van der Waals surface area contributed by atoms with Crippen LogP contribution in [0.1, 0.15) is 35.7 Å². The minimum Gasteiger partial charge on any atom is -0.356 e. The third-order valence-corrected chi connectivity index (χ3v) is 3.97. The number of carbonyl (C=O) groups excluding carboxylic acids is 1. The van der Waals surface area contributed by atoms with Crippen LogP contribution >= 0.6 is 11.8 Å². The molecule has 0 fully saturated rings. The maximum absolute atomic E-state index is 11.8. The summed E-state index contributed by atoms with van der Waals surface area (Å²) in [5.41, 5.74) is 1.74. The van der Waals surface area contributed by atoms with Gasteiger partial charge < -0.3 is 16.0 Å². The molecular weight excluding hydrogens is 308 g/mol. The lowest BCUT2D eigenvalue weighted by molar-refractivity contribution is 0.0955. The molecule has 128 valence electrons. The third-order valence-electron chi connectivity index (χ3n) is 3.28. The normalized spacial score (nSPS) is 11.2. The van der Waals surface area contributed by atoms with Crippen molar-refractivity contribution in [1.82, 2.24) is 16.0 Å². The monoisotopic (exact) mass is 336 g/mol. The molecule has 0 spiro atoms. The van der Waals surface area contributed by atoms with Crippen LogP contribution in [-0.4, -0.2) is 44.0 Å². The van der Waals surface area contributed by atoms with E-state index in [1.54, 1.807) is 7.05 Å². The van der Waals surface area contributed by atoms with Crippen molar-refractivity contribution in [2.24, 2.45) is 4.99 Å². The van der Waals surface area contributed by atoms with Crippen LogP contribution in [0.5, 0.6) is 0 Å². The van der Waals surface area contributed by atoms with Gasteiger partial charge in [-0.1, -0.05) is 12.1 Å². The number of hydrogen-bond acceptors (Lipinski definition) is 3. The topological polar surface area (TPSA) is 65.5 Å². The first-order valence-corrected chi connectivity index (χ1v) is 9.41. The molecule has 5 nitrogen and oxygen atoms in total. The highest BCUT2D eigenvalue weighted by Gasteiger charge is 2.05. The van der Waals surface area contributed by atoms with Crippen LogP contribution in [0, 0.1) is 0 Å². The second kappa shape index (κ2) is 11.8. The molecule has 0 atom stereocenters. The van der Waals surface area contributed by atoms with Crippen molar-refractivity contribution in [3.05, 3.63) is 35.4 Å². The fourth-order valence-electron chi connectivity index (χ4n) is 2.07. The molecule has 0 radical (unpaired) electrons. The lowest BCUT2D eigenvalue weighted by Gasteiger charge is -2.12. The molecule has 0 unspecified atom stereocenters. The first-order chi connectivity index (χ1) is 11.2. The zero-order valence-electron chi connectivity index (χ0n) is 14.3. The Balaban J connectivity index is 2.43. The van der Waals surface area contributed by atoms with Gasteiger partial charge in [0.05, 0.1) is 0 Å². The molecule has 1 aromatic rings. The average Bonchev–Trinajstić information content (AvgIpc) is 2.58. The smallest absolute Gasteiger partial charge is 0.251 e. The summed E-state index contributed by atoms with van der Waals surface area (Å²) in [7, 11) is 1.77. The first-order valence-electron chi connectivity index (χ1n) is 8.01. The largest absolute Gasteiger partial charge is 0.356 e. The van der Waals surface area contributed by atoms with Crippen molar-refractivity contribution in [3.8, 4) is 0 Å². The molecule has 1 rings (SSSR count). The third kappa shape index (κ3) is 7.93. The molecule has 6 heteroatoms. The zero-order chi connectivity index (χ0) is 16.9. The van der Waals surface area contributed by atoms with Crippen molar-refractivity contribution in [2.45, 2.75) is 26.3 Å². The highest BCUT2D eigenvalue weighted by atomic mass is 32.2. The number of carbonyl (C=O) groups is 1. The van der Waals surface area contributed by atoms with Gasteiger partial charge in [-0.05, 0) is 49.5 Å². The Bertz CT molecular complexity index is 505. The molecule has 0 aliphatic carbocycles. The number of hydrogen-bond donors (Lipinski definition) is 3. The number of nitrogens with zero attached hydrogens (tertiary/aromatic N) is 1. The molecule has 0 aromatic heterocycles. The summed E-state index contributed by atoms with van der Waals surface area (Å²) in [6, 6.07) is 7.64. The predicted octanol–water partition coefficient (Wildman–Crippen LogP) is 2.24. The Morgan fingerprint density at radius 2 is 2.04 bits per heavy atom. The van der Waals surface area contributed by atoms with Gasteiger partial charge in [-0.2, -0.15) is 11.8 Å². The number of guanidine groups is 1. The number of benzene rings is 1. The van der Waals surface area contributed by atoms with Crippen LogP contribution in [0.25, 0.3) is 0 Å². The summed E-state index contributed by atoms with van der Waals surface area (Å²) in [5, 5.41) is 9.40. The summed E-state index contributed by atoms with van der Waals surface area (Å²) in [5.74, 6) is 1.95. The summed E-state index contributed by atoms with van der Waals surface area (Å²) in [6.07, 6.45) is 4.47. The molecule has 3 N–H and O–H groups in total. The minimum absolute atomic E-state index is 0.0364. The van der Waals surface area contributed by atoms with E-state index in [9.17, 15) is 4.79 Å². The minimum atomic E-state index is -0.0364. The molecule has 0 aliphatic rings. The van der Waals surface area contributed by atoms with Gasteiger partial charge in [0.2, 0.25) is 0 Å². The standard InChI is InChI=1S/C17H28N4OS/c1-4-19-16(22)15-9-7-8-14(12-15)13-21-17(18-2)20-10-5-6-11-23-3/h7-9,12H,4-6,10-11,13H2,1-3H3,(H,19,22)(H2,18,20,21). The highest BCUT2D eigenvalue weighted by Crippen LogP contribution is 2.05. The first kappa shape index (κ1) is 19.4. The van der Waals surface area contributed by atoms with Crippen LogP contribution in [0.15, 0.2) is 29.3 Å². The Morgan fingerprint density at radius 1 is 1.22 bits per heavy atom. The van der Waals surface area contributed by atoms with E-state index in [1.807, 2.05) is 43.0 Å². The van der Waals surface area contributed by atoms with E-state index in [0.717, 1.165) is 24.5 Å². The van der Waals surface area contributed by atoms with Gasteiger partial charge in [0.25, 0.3) is 5.91 Å². The number of nitrogens with one attached hydrogen (secondary N) is 3. The molecule has 0 bridgehead atoms. The van der Waals surface area contributed by atoms with Gasteiger partial charge in [0.15, 0.2) is 5.96 Å². The van der Waals surface area contributed by atoms with Gasteiger partial charge in [-0.15, -0.1) is 0 Å². The van der Waals surface area contributed by atoms with E-state index in [1.165, 1.54) is 12.2 Å². The summed E-state index contributed by atoms with van der Waals surface area (Å²) in [6.45, 7) is 4.10. The fraction of sp³-hybridized carbons (Fsp3) is 0.529. The summed E-state index contributed by atoms with van der Waals surface area (Å²) < 4.78 is 0. The van der Waals surface area contributed by atoms with E-state index in [-0.39, 0.29) is 5.91 Å². The lowest BCUT2D eigenvalue weighted by Crippen LogP contribution is -2.37. The number of amides is 1. The summed E-state index contributed by atoms with van der Waals surface area (Å²) >= 11 is 1.87. The number of rotatable bonds is 9. The van der Waals surface area contributed by atoms with Crippen molar-refractivity contribution >= 4 is 23.6 Å². The number of thioether (sulfide) groups is 1. The van der Waals surface area contributed by atoms with E-state index in [4.69, 9.17) is 0 Å². The van der Waals surface area contributed by atoms with Gasteiger partial charge in [-0.25, -0.2) is 0 Å². The van der Waals surface area contributed by atoms with Crippen molar-refractivity contribution < 1.29 is 4.79 Å². The van der Waals surface area contributed by atoms with Gasteiger partial charge in [-0.3, -0.25) is 9.79 Å². The van der Waals surface area contributed by atoms with Crippen LogP contribution in [0.3, 0.4) is 0 Å². The SMILES string of the molecule is CCNC(=O)c1cccc(CNC(=NC)NCCCCSC)c1. The predicted molar refractivity (Wildman–Crippen MR) is 100 cm³/mol. The average molecular weight is 337 g/mol. The second-order valence-electron chi connectivity index (χ2n) is 5.11. The fourth-order valence-corrected chi connectivity index (χ4v) is 2.56. The van der Waals surface area contributed by atoms with E-state index >= 15 is 0 Å². The number of unbranched alkanes of at least 4 members (excludes halogenated alkanes) is 1. The van der Waals surface area contributed by atoms with Crippen molar-refractivity contribution in [2.75, 3.05) is 32.1 Å². The van der Waals surface area contributed by atoms with Crippen LogP contribution in [0.4, 0.5) is 0 Å². The summed E-state index contributed by atoms with van der Waals surface area (Å²) in [4.78, 5) is 16.1. The molecular formula is C17H28N4OS. The highest BCUT2D eigenvalue weighted by molar-refractivity contribution is 7.98. The lowest BCUT2D eigenvalue weighted by atomic mass is 10.1. The van der Waals surface area contributed by atoms with E-state index in [2.05, 4.69) is 27.2 Å². The van der Waals surface area contributed by atoms with Crippen molar-refractivity contribution in [3.63, 3.8) is 0 Å². The molecule has 0 saturated heterocycles. The Morgan fingerprint density at radius 3 is 2.74 bits per heavy atom. The molecule has 0 heterocycles. The Hall–Kier alpha value is -1.69. The Labute approximate surface area is 143 Å². The van der Waals surface area contributed by atoms with Gasteiger partial charge in [0, 0.05) is 32.2 Å². The van der Waals surface area contributed by atoms with Crippen LogP contribution in [-0.2, 0) is 6.54 Å². The second-order valence-corrected chi connectivity index (χ2v) is 6.10. The molecule has 23 heavy (non-hydrogen) atoms. The van der Waals surface area contributed by atoms with Gasteiger partial charge >= 0.3 is 0 Å². The van der Waals surface area contributed by atoms with Crippen LogP contribution < -0.4 is 16.0 Å². The van der Waals surface area contributed by atoms with E-state index in [0.29, 0.717) is 18.7 Å². The zero-order valence-corrected chi connectivity index (χ0v) is 15.1. The van der Waals surface area contributed by atoms with E-state index < -0.39 is 0 Å². The quantitative estimate of drug-likeness (QED) is 0.368.